The van der Waals surface area contributed by atoms with Crippen LogP contribution in [0.5, 0.6) is 11.5 Å². The first kappa shape index (κ1) is 24.7. The molecule has 8 nitrogen and oxygen atoms in total. The van der Waals surface area contributed by atoms with Crippen LogP contribution in [0.25, 0.3) is 0 Å². The number of amides is 1. The van der Waals surface area contributed by atoms with Crippen LogP contribution >= 0.6 is 0 Å². The first-order chi connectivity index (χ1) is 17.0. The van der Waals surface area contributed by atoms with E-state index in [9.17, 15) is 9.59 Å². The highest BCUT2D eigenvalue weighted by Crippen LogP contribution is 2.34. The van der Waals surface area contributed by atoms with Gasteiger partial charge in [0.05, 0.1) is 45.0 Å². The van der Waals surface area contributed by atoms with Crippen LogP contribution in [-0.4, -0.2) is 68.0 Å². The van der Waals surface area contributed by atoms with Crippen molar-refractivity contribution >= 4 is 17.6 Å². The zero-order chi connectivity index (χ0) is 24.8. The second kappa shape index (κ2) is 11.4. The smallest absolute Gasteiger partial charge is 0.310 e. The van der Waals surface area contributed by atoms with Crippen LogP contribution < -0.4 is 9.47 Å². The normalized spacial score (nSPS) is 20.3. The molecule has 2 heterocycles. The third kappa shape index (κ3) is 5.82. The average Bonchev–Trinajstić information content (AvgIpc) is 3.35. The summed E-state index contributed by atoms with van der Waals surface area (Å²) in [6.45, 7) is 3.70. The van der Waals surface area contributed by atoms with E-state index >= 15 is 0 Å². The highest BCUT2D eigenvalue weighted by molar-refractivity contribution is 6.03. The van der Waals surface area contributed by atoms with Gasteiger partial charge in [-0.2, -0.15) is 5.10 Å². The molecule has 1 saturated heterocycles. The maximum Gasteiger partial charge on any atom is 0.310 e. The zero-order valence-corrected chi connectivity index (χ0v) is 20.6. The molecule has 35 heavy (non-hydrogen) atoms. The standard InChI is InChI=1S/C27H33N3O5/c1-4-35-27(32)21-6-5-15-29(17-21)18-26(31)30-25(20-9-13-23(34-3)14-10-20)16-24(28-30)19-7-11-22(33-2)12-8-19/h7-14,21,25H,4-6,15-18H2,1-3H3/t21-,25+/m0/s1. The van der Waals surface area contributed by atoms with Crippen LogP contribution in [0, 0.1) is 5.92 Å². The number of ether oxygens (including phenoxy) is 3. The maximum absolute atomic E-state index is 13.5. The largest absolute Gasteiger partial charge is 0.497 e. The summed E-state index contributed by atoms with van der Waals surface area (Å²) in [5.41, 5.74) is 2.80. The van der Waals surface area contributed by atoms with Crippen LogP contribution in [0.3, 0.4) is 0 Å². The molecule has 0 spiro atoms. The molecule has 2 atom stereocenters. The predicted molar refractivity (Wildman–Crippen MR) is 133 cm³/mol. The number of hydrogen-bond acceptors (Lipinski definition) is 7. The summed E-state index contributed by atoms with van der Waals surface area (Å²) in [6, 6.07) is 15.3. The molecule has 0 saturated carbocycles. The Labute approximate surface area is 206 Å². The minimum Gasteiger partial charge on any atom is -0.497 e. The van der Waals surface area contributed by atoms with E-state index in [0.29, 0.717) is 19.6 Å². The van der Waals surface area contributed by atoms with Crippen molar-refractivity contribution in [3.8, 4) is 11.5 Å². The fourth-order valence-electron chi connectivity index (χ4n) is 4.70. The van der Waals surface area contributed by atoms with Crippen LogP contribution in [0.2, 0.25) is 0 Å². The third-order valence-corrected chi connectivity index (χ3v) is 6.57. The number of hydrogen-bond donors (Lipinski definition) is 0. The molecule has 2 aliphatic heterocycles. The number of rotatable bonds is 8. The first-order valence-electron chi connectivity index (χ1n) is 12.1. The lowest BCUT2D eigenvalue weighted by molar-refractivity contribution is -0.150. The minimum atomic E-state index is -0.212. The van der Waals surface area contributed by atoms with Gasteiger partial charge >= 0.3 is 5.97 Å². The van der Waals surface area contributed by atoms with Gasteiger partial charge in [0.2, 0.25) is 0 Å². The second-order valence-electron chi connectivity index (χ2n) is 8.83. The van der Waals surface area contributed by atoms with Gasteiger partial charge in [0, 0.05) is 13.0 Å². The Morgan fingerprint density at radius 1 is 1.00 bits per heavy atom. The van der Waals surface area contributed by atoms with Crippen molar-refractivity contribution in [3.05, 3.63) is 59.7 Å². The molecule has 0 unspecified atom stereocenters. The molecule has 0 aliphatic carbocycles. The number of carbonyl (C=O) groups is 2. The number of methoxy groups -OCH3 is 2. The van der Waals surface area contributed by atoms with Crippen LogP contribution in [0.15, 0.2) is 53.6 Å². The molecule has 0 N–H and O–H groups in total. The quantitative estimate of drug-likeness (QED) is 0.538. The number of piperidine rings is 1. The molecule has 2 aromatic rings. The van der Waals surface area contributed by atoms with Crippen LogP contribution in [0.1, 0.15) is 43.4 Å². The second-order valence-corrected chi connectivity index (χ2v) is 8.83. The van der Waals surface area contributed by atoms with Gasteiger partial charge in [-0.1, -0.05) is 12.1 Å². The predicted octanol–water partition coefficient (Wildman–Crippen LogP) is 3.66. The van der Waals surface area contributed by atoms with Crippen molar-refractivity contribution in [1.29, 1.82) is 0 Å². The number of carbonyl (C=O) groups excluding carboxylic acids is 2. The highest BCUT2D eigenvalue weighted by atomic mass is 16.5. The van der Waals surface area contributed by atoms with Gasteiger partial charge < -0.3 is 14.2 Å². The van der Waals surface area contributed by atoms with E-state index in [1.54, 1.807) is 19.2 Å². The number of esters is 1. The summed E-state index contributed by atoms with van der Waals surface area (Å²) in [5.74, 6) is 1.08. The van der Waals surface area contributed by atoms with Crippen LogP contribution in [-0.2, 0) is 14.3 Å². The van der Waals surface area contributed by atoms with Gasteiger partial charge in [-0.05, 0) is 73.8 Å². The number of nitrogens with zero attached hydrogens (tertiary/aromatic N) is 3. The summed E-state index contributed by atoms with van der Waals surface area (Å²) in [5, 5.41) is 6.38. The summed E-state index contributed by atoms with van der Waals surface area (Å²) in [7, 11) is 3.27. The third-order valence-electron chi connectivity index (χ3n) is 6.57. The highest BCUT2D eigenvalue weighted by Gasteiger charge is 2.35. The molecular formula is C27H33N3O5. The van der Waals surface area contributed by atoms with E-state index in [4.69, 9.17) is 19.3 Å². The molecule has 0 radical (unpaired) electrons. The summed E-state index contributed by atoms with van der Waals surface area (Å²) >= 11 is 0. The number of hydrazone groups is 1. The van der Waals surface area contributed by atoms with Crippen molar-refractivity contribution in [2.24, 2.45) is 11.0 Å². The Bertz CT molecular complexity index is 1050. The molecule has 0 bridgehead atoms. The summed E-state index contributed by atoms with van der Waals surface area (Å²) < 4.78 is 15.8. The Morgan fingerprint density at radius 3 is 2.29 bits per heavy atom. The first-order valence-corrected chi connectivity index (χ1v) is 12.1. The van der Waals surface area contributed by atoms with Gasteiger partial charge in [-0.25, -0.2) is 5.01 Å². The van der Waals surface area contributed by atoms with Crippen molar-refractivity contribution in [1.82, 2.24) is 9.91 Å². The van der Waals surface area contributed by atoms with Gasteiger partial charge in [-0.3, -0.25) is 14.5 Å². The SMILES string of the molecule is CCOC(=O)[C@H]1CCCN(CC(=O)N2N=C(c3ccc(OC)cc3)C[C@@H]2c2ccc(OC)cc2)C1. The van der Waals surface area contributed by atoms with E-state index in [-0.39, 0.29) is 30.4 Å². The maximum atomic E-state index is 13.5. The lowest BCUT2D eigenvalue weighted by atomic mass is 9.97. The van der Waals surface area contributed by atoms with Gasteiger partial charge in [0.1, 0.15) is 11.5 Å². The average molecular weight is 480 g/mol. The Hall–Kier alpha value is -3.39. The van der Waals surface area contributed by atoms with E-state index in [0.717, 1.165) is 47.7 Å². The lowest BCUT2D eigenvalue weighted by Crippen LogP contribution is -2.44. The van der Waals surface area contributed by atoms with E-state index in [1.165, 1.54) is 0 Å². The molecule has 8 heteroatoms. The summed E-state index contributed by atoms with van der Waals surface area (Å²) in [6.07, 6.45) is 2.26. The van der Waals surface area contributed by atoms with Crippen molar-refractivity contribution < 1.29 is 23.8 Å². The van der Waals surface area contributed by atoms with Gasteiger partial charge in [0.25, 0.3) is 5.91 Å². The lowest BCUT2D eigenvalue weighted by Gasteiger charge is -2.32. The minimum absolute atomic E-state index is 0.0844. The number of likely N-dealkylation sites (tertiary alicyclic amines) is 1. The van der Waals surface area contributed by atoms with Crippen molar-refractivity contribution in [3.63, 3.8) is 0 Å². The van der Waals surface area contributed by atoms with Crippen LogP contribution in [0.4, 0.5) is 0 Å². The topological polar surface area (TPSA) is 80.7 Å². The Kier molecular flexibility index (Phi) is 8.02. The molecular weight excluding hydrogens is 446 g/mol. The number of benzene rings is 2. The van der Waals surface area contributed by atoms with Crippen molar-refractivity contribution in [2.45, 2.75) is 32.2 Å². The molecule has 1 fully saturated rings. The molecule has 2 aromatic carbocycles. The molecule has 4 rings (SSSR count). The molecule has 1 amide bonds. The fourth-order valence-corrected chi connectivity index (χ4v) is 4.70. The monoisotopic (exact) mass is 479 g/mol. The van der Waals surface area contributed by atoms with E-state index in [2.05, 4.69) is 0 Å². The van der Waals surface area contributed by atoms with E-state index < -0.39 is 0 Å². The van der Waals surface area contributed by atoms with E-state index in [1.807, 2.05) is 60.4 Å². The molecule has 2 aliphatic rings. The molecule has 0 aromatic heterocycles. The fraction of sp³-hybridized carbons (Fsp3) is 0.444. The Balaban J connectivity index is 1.54. The summed E-state index contributed by atoms with van der Waals surface area (Å²) in [4.78, 5) is 27.8. The van der Waals surface area contributed by atoms with Gasteiger partial charge in [0.15, 0.2) is 0 Å². The van der Waals surface area contributed by atoms with Crippen molar-refractivity contribution in [2.75, 3.05) is 40.5 Å². The molecule has 186 valence electrons. The Morgan fingerprint density at radius 2 is 1.66 bits per heavy atom. The zero-order valence-electron chi connectivity index (χ0n) is 20.6. The van der Waals surface area contributed by atoms with Gasteiger partial charge in [-0.15, -0.1) is 0 Å².